The zero-order valence-corrected chi connectivity index (χ0v) is 15.5. The topological polar surface area (TPSA) is 52.3 Å². The van der Waals surface area contributed by atoms with E-state index in [1.807, 2.05) is 47.1 Å². The van der Waals surface area contributed by atoms with Crippen LogP contribution >= 0.6 is 11.8 Å². The van der Waals surface area contributed by atoms with Crippen LogP contribution < -0.4 is 4.74 Å². The molecule has 0 bridgehead atoms. The first-order valence-electron chi connectivity index (χ1n) is 8.62. The third-order valence-corrected chi connectivity index (χ3v) is 5.56. The molecular formula is C21H16N4OS. The van der Waals surface area contributed by atoms with Crippen molar-refractivity contribution in [2.24, 2.45) is 5.10 Å². The summed E-state index contributed by atoms with van der Waals surface area (Å²) < 4.78 is 7.10. The van der Waals surface area contributed by atoms with Gasteiger partial charge in [-0.1, -0.05) is 54.2 Å². The highest BCUT2D eigenvalue weighted by Gasteiger charge is 2.21. The van der Waals surface area contributed by atoms with E-state index < -0.39 is 0 Å². The van der Waals surface area contributed by atoms with E-state index in [2.05, 4.69) is 34.5 Å². The molecule has 1 aliphatic rings. The average molecular weight is 372 g/mol. The number of aromatic nitrogens is 3. The first-order valence-corrected chi connectivity index (χ1v) is 9.61. The zero-order valence-electron chi connectivity index (χ0n) is 14.7. The molecule has 0 spiro atoms. The fraction of sp³-hybridized carbons (Fsp3) is 0.0952. The smallest absolute Gasteiger partial charge is 0.212 e. The molecule has 0 N–H and O–H groups in total. The average Bonchev–Trinajstić information content (AvgIpc) is 3.16. The Hall–Kier alpha value is -3.12. The molecule has 5 nitrogen and oxygen atoms in total. The molecule has 1 aliphatic heterocycles. The lowest BCUT2D eigenvalue weighted by molar-refractivity contribution is 0.415. The molecule has 0 amide bonds. The lowest BCUT2D eigenvalue weighted by Crippen LogP contribution is -2.13. The van der Waals surface area contributed by atoms with E-state index in [4.69, 9.17) is 9.84 Å². The van der Waals surface area contributed by atoms with Crippen molar-refractivity contribution in [1.82, 2.24) is 14.9 Å². The Morgan fingerprint density at radius 2 is 1.74 bits per heavy atom. The van der Waals surface area contributed by atoms with Crippen molar-refractivity contribution < 1.29 is 4.74 Å². The van der Waals surface area contributed by atoms with Gasteiger partial charge in [0.15, 0.2) is 5.82 Å². The van der Waals surface area contributed by atoms with Crippen LogP contribution in [0.4, 0.5) is 0 Å². The van der Waals surface area contributed by atoms with Crippen molar-refractivity contribution in [1.29, 1.82) is 0 Å². The lowest BCUT2D eigenvalue weighted by Gasteiger charge is -2.14. The molecule has 4 aromatic rings. The number of benzene rings is 3. The number of hydrogen-bond acceptors (Lipinski definition) is 5. The molecule has 3 aromatic carbocycles. The third-order valence-electron chi connectivity index (χ3n) is 4.62. The molecule has 0 fully saturated rings. The number of methoxy groups -OCH3 is 1. The van der Waals surface area contributed by atoms with Crippen molar-refractivity contribution in [2.75, 3.05) is 12.9 Å². The SMILES string of the molecule is COc1ccc(C2=Nn3c(nnc3-c3cccc4ccccc34)SC2)cc1. The fourth-order valence-electron chi connectivity index (χ4n) is 3.24. The summed E-state index contributed by atoms with van der Waals surface area (Å²) in [5, 5.41) is 16.8. The van der Waals surface area contributed by atoms with Gasteiger partial charge in [0.05, 0.1) is 12.8 Å². The highest BCUT2D eigenvalue weighted by Crippen LogP contribution is 2.32. The second-order valence-electron chi connectivity index (χ2n) is 6.21. The number of fused-ring (bicyclic) bond motifs is 2. The van der Waals surface area contributed by atoms with E-state index in [1.165, 1.54) is 5.39 Å². The molecule has 0 radical (unpaired) electrons. The summed E-state index contributed by atoms with van der Waals surface area (Å²) in [5.41, 5.74) is 3.11. The maximum atomic E-state index is 5.25. The molecule has 0 saturated heterocycles. The summed E-state index contributed by atoms with van der Waals surface area (Å²) in [4.78, 5) is 0. The molecule has 132 valence electrons. The number of nitrogens with zero attached hydrogens (tertiary/aromatic N) is 4. The van der Waals surface area contributed by atoms with Gasteiger partial charge in [-0.25, -0.2) is 0 Å². The van der Waals surface area contributed by atoms with Crippen LogP contribution in [-0.2, 0) is 0 Å². The van der Waals surface area contributed by atoms with Gasteiger partial charge in [-0.2, -0.15) is 9.78 Å². The van der Waals surface area contributed by atoms with Gasteiger partial charge in [0.2, 0.25) is 5.16 Å². The fourth-order valence-corrected chi connectivity index (χ4v) is 4.08. The van der Waals surface area contributed by atoms with Gasteiger partial charge in [0.1, 0.15) is 5.75 Å². The third kappa shape index (κ3) is 2.78. The Labute approximate surface area is 160 Å². The van der Waals surface area contributed by atoms with Crippen LogP contribution in [0.1, 0.15) is 5.56 Å². The molecule has 6 heteroatoms. The van der Waals surface area contributed by atoms with E-state index in [9.17, 15) is 0 Å². The zero-order chi connectivity index (χ0) is 18.2. The summed E-state index contributed by atoms with van der Waals surface area (Å²) in [7, 11) is 1.67. The number of ether oxygens (including phenoxy) is 1. The maximum Gasteiger partial charge on any atom is 0.212 e. The summed E-state index contributed by atoms with van der Waals surface area (Å²) in [6.07, 6.45) is 0. The highest BCUT2D eigenvalue weighted by atomic mass is 32.2. The van der Waals surface area contributed by atoms with Gasteiger partial charge >= 0.3 is 0 Å². The van der Waals surface area contributed by atoms with Gasteiger partial charge in [0.25, 0.3) is 0 Å². The molecule has 0 atom stereocenters. The number of hydrogen-bond donors (Lipinski definition) is 0. The quantitative estimate of drug-likeness (QED) is 0.533. The Bertz CT molecular complexity index is 1160. The largest absolute Gasteiger partial charge is 0.497 e. The van der Waals surface area contributed by atoms with Crippen molar-refractivity contribution >= 4 is 28.2 Å². The molecule has 0 aliphatic carbocycles. The van der Waals surface area contributed by atoms with Crippen LogP contribution in [0.15, 0.2) is 77.0 Å². The van der Waals surface area contributed by atoms with Crippen LogP contribution in [0.25, 0.3) is 22.2 Å². The first-order chi connectivity index (χ1) is 13.3. The van der Waals surface area contributed by atoms with Gasteiger partial charge in [-0.3, -0.25) is 0 Å². The minimum atomic E-state index is 0.764. The molecule has 0 unspecified atom stereocenters. The Balaban J connectivity index is 1.63. The Morgan fingerprint density at radius 1 is 0.926 bits per heavy atom. The van der Waals surface area contributed by atoms with Crippen LogP contribution in [0.3, 0.4) is 0 Å². The van der Waals surface area contributed by atoms with E-state index in [1.54, 1.807) is 18.9 Å². The van der Waals surface area contributed by atoms with Crippen LogP contribution in [-0.4, -0.2) is 33.4 Å². The molecule has 2 heterocycles. The minimum Gasteiger partial charge on any atom is -0.497 e. The van der Waals surface area contributed by atoms with E-state index >= 15 is 0 Å². The number of rotatable bonds is 3. The van der Waals surface area contributed by atoms with E-state index in [0.717, 1.165) is 44.7 Å². The van der Waals surface area contributed by atoms with Gasteiger partial charge < -0.3 is 4.74 Å². The van der Waals surface area contributed by atoms with E-state index in [-0.39, 0.29) is 0 Å². The predicted octanol–water partition coefficient (Wildman–Crippen LogP) is 4.47. The van der Waals surface area contributed by atoms with Crippen LogP contribution in [0.2, 0.25) is 0 Å². The summed E-state index contributed by atoms with van der Waals surface area (Å²) in [6, 6.07) is 22.5. The highest BCUT2D eigenvalue weighted by molar-refractivity contribution is 7.99. The molecule has 27 heavy (non-hydrogen) atoms. The normalized spacial score (nSPS) is 13.3. The standard InChI is InChI=1S/C21H16N4OS/c1-26-16-11-9-15(10-12-16)19-13-27-21-23-22-20(25(21)24-19)18-8-4-6-14-5-2-3-7-17(14)18/h2-12H,13H2,1H3. The maximum absolute atomic E-state index is 5.25. The van der Waals surface area contributed by atoms with Crippen LogP contribution in [0, 0.1) is 0 Å². The predicted molar refractivity (Wildman–Crippen MR) is 109 cm³/mol. The van der Waals surface area contributed by atoms with Crippen LogP contribution in [0.5, 0.6) is 5.75 Å². The second kappa shape index (κ2) is 6.55. The van der Waals surface area contributed by atoms with Gasteiger partial charge in [-0.15, -0.1) is 10.2 Å². The van der Waals surface area contributed by atoms with Gasteiger partial charge in [0, 0.05) is 11.3 Å². The van der Waals surface area contributed by atoms with Crippen molar-refractivity contribution in [3.05, 3.63) is 72.3 Å². The molecular weight excluding hydrogens is 356 g/mol. The second-order valence-corrected chi connectivity index (χ2v) is 7.15. The lowest BCUT2D eigenvalue weighted by atomic mass is 10.0. The summed E-state index contributed by atoms with van der Waals surface area (Å²) in [6.45, 7) is 0. The first kappa shape index (κ1) is 16.1. The summed E-state index contributed by atoms with van der Waals surface area (Å²) >= 11 is 1.65. The molecule has 1 aromatic heterocycles. The van der Waals surface area contributed by atoms with E-state index in [0.29, 0.717) is 0 Å². The van der Waals surface area contributed by atoms with Crippen molar-refractivity contribution in [3.8, 4) is 17.1 Å². The molecule has 5 rings (SSSR count). The van der Waals surface area contributed by atoms with Crippen molar-refractivity contribution in [2.45, 2.75) is 5.16 Å². The Kier molecular flexibility index (Phi) is 3.90. The minimum absolute atomic E-state index is 0.764. The molecule has 0 saturated carbocycles. The number of thioether (sulfide) groups is 1. The Morgan fingerprint density at radius 3 is 2.59 bits per heavy atom. The van der Waals surface area contributed by atoms with Gasteiger partial charge in [-0.05, 0) is 40.6 Å². The monoisotopic (exact) mass is 372 g/mol. The van der Waals surface area contributed by atoms with Crippen molar-refractivity contribution in [3.63, 3.8) is 0 Å². The summed E-state index contributed by atoms with van der Waals surface area (Å²) in [5.74, 6) is 2.37.